The summed E-state index contributed by atoms with van der Waals surface area (Å²) in [6, 6.07) is 15.6. The molecule has 0 aliphatic heterocycles. The minimum absolute atomic E-state index is 0.149. The third-order valence-corrected chi connectivity index (χ3v) is 5.80. The van der Waals surface area contributed by atoms with E-state index in [0.29, 0.717) is 11.3 Å². The smallest absolute Gasteiger partial charge is 0.206 e. The number of nitrogens with zero attached hydrogens (tertiary/aromatic N) is 3. The van der Waals surface area contributed by atoms with Crippen LogP contribution in [0, 0.1) is 6.92 Å². The van der Waals surface area contributed by atoms with Gasteiger partial charge in [0.2, 0.25) is 9.84 Å². The van der Waals surface area contributed by atoms with Crippen LogP contribution in [0.1, 0.15) is 11.1 Å². The fraction of sp³-hybridized carbons (Fsp3) is 0.100. The summed E-state index contributed by atoms with van der Waals surface area (Å²) < 4.78 is 25.5. The zero-order valence-electron chi connectivity index (χ0n) is 14.6. The maximum Gasteiger partial charge on any atom is 0.206 e. The molecule has 0 radical (unpaired) electrons. The first-order valence-corrected chi connectivity index (χ1v) is 9.68. The SMILES string of the molecule is Cc1ccccc1S(=O)(=O)c1ccc([N-]C(=O)[N-]Cc2cccnc2)cc1. The number of sulfone groups is 1. The highest BCUT2D eigenvalue weighted by atomic mass is 32.2. The monoisotopic (exact) mass is 379 g/mol. The summed E-state index contributed by atoms with van der Waals surface area (Å²) in [5.41, 5.74) is 1.83. The van der Waals surface area contributed by atoms with Crippen LogP contribution in [0.5, 0.6) is 0 Å². The molecule has 3 rings (SSSR count). The number of rotatable bonds is 5. The van der Waals surface area contributed by atoms with Crippen LogP contribution >= 0.6 is 0 Å². The van der Waals surface area contributed by atoms with E-state index in [-0.39, 0.29) is 16.3 Å². The molecule has 0 N–H and O–H groups in total. The number of hydrogen-bond acceptors (Lipinski definition) is 4. The van der Waals surface area contributed by atoms with Crippen LogP contribution in [0.3, 0.4) is 0 Å². The van der Waals surface area contributed by atoms with E-state index < -0.39 is 15.9 Å². The van der Waals surface area contributed by atoms with Gasteiger partial charge in [0.25, 0.3) is 0 Å². The molecule has 0 unspecified atom stereocenters. The molecule has 1 aromatic heterocycles. The zero-order chi connectivity index (χ0) is 19.3. The molecule has 7 heteroatoms. The summed E-state index contributed by atoms with van der Waals surface area (Å²) in [7, 11) is -3.62. The van der Waals surface area contributed by atoms with Crippen LogP contribution in [-0.2, 0) is 16.4 Å². The van der Waals surface area contributed by atoms with Gasteiger partial charge in [-0.05, 0) is 48.3 Å². The van der Waals surface area contributed by atoms with Gasteiger partial charge in [-0.1, -0.05) is 36.4 Å². The molecule has 6 nitrogen and oxygen atoms in total. The van der Waals surface area contributed by atoms with Crippen molar-refractivity contribution >= 4 is 21.6 Å². The number of aromatic nitrogens is 1. The van der Waals surface area contributed by atoms with E-state index in [4.69, 9.17) is 0 Å². The number of urea groups is 1. The van der Waals surface area contributed by atoms with Gasteiger partial charge >= 0.3 is 0 Å². The minimum atomic E-state index is -3.62. The molecule has 2 amide bonds. The minimum Gasteiger partial charge on any atom is -0.666 e. The molecule has 0 aliphatic carbocycles. The Morgan fingerprint density at radius 1 is 1.00 bits per heavy atom. The van der Waals surface area contributed by atoms with Crippen molar-refractivity contribution in [3.63, 3.8) is 0 Å². The average Bonchev–Trinajstić information content (AvgIpc) is 2.68. The van der Waals surface area contributed by atoms with Crippen molar-refractivity contribution in [3.05, 3.63) is 94.8 Å². The van der Waals surface area contributed by atoms with E-state index >= 15 is 0 Å². The first-order chi connectivity index (χ1) is 13.0. The Hall–Kier alpha value is -3.19. The van der Waals surface area contributed by atoms with Crippen LogP contribution in [0.4, 0.5) is 10.5 Å². The quantitative estimate of drug-likeness (QED) is 0.629. The number of aryl methyl sites for hydroxylation is 1. The zero-order valence-corrected chi connectivity index (χ0v) is 15.4. The van der Waals surface area contributed by atoms with Crippen molar-refractivity contribution < 1.29 is 13.2 Å². The van der Waals surface area contributed by atoms with Crippen LogP contribution in [0.15, 0.2) is 82.8 Å². The average molecular weight is 379 g/mol. The fourth-order valence-electron chi connectivity index (χ4n) is 2.48. The lowest BCUT2D eigenvalue weighted by molar-refractivity contribution is 0.264. The first-order valence-electron chi connectivity index (χ1n) is 8.20. The highest BCUT2D eigenvalue weighted by Crippen LogP contribution is 2.27. The maximum absolute atomic E-state index is 12.7. The molecular weight excluding hydrogens is 362 g/mol. The molecule has 138 valence electrons. The summed E-state index contributed by atoms with van der Waals surface area (Å²) in [5, 5.41) is 7.72. The van der Waals surface area contributed by atoms with E-state index in [2.05, 4.69) is 15.6 Å². The van der Waals surface area contributed by atoms with Crippen molar-refractivity contribution in [2.24, 2.45) is 0 Å². The summed E-state index contributed by atoms with van der Waals surface area (Å²) in [4.78, 5) is 16.2. The highest BCUT2D eigenvalue weighted by Gasteiger charge is 2.18. The lowest BCUT2D eigenvalue weighted by Crippen LogP contribution is -2.03. The van der Waals surface area contributed by atoms with Gasteiger partial charge < -0.3 is 15.4 Å². The highest BCUT2D eigenvalue weighted by molar-refractivity contribution is 7.91. The molecule has 0 spiro atoms. The largest absolute Gasteiger partial charge is 0.666 e. The third kappa shape index (κ3) is 4.51. The normalized spacial score (nSPS) is 11.0. The number of carbonyl (C=O) groups is 1. The van der Waals surface area contributed by atoms with Gasteiger partial charge in [0, 0.05) is 12.4 Å². The predicted molar refractivity (Wildman–Crippen MR) is 103 cm³/mol. The van der Waals surface area contributed by atoms with Gasteiger partial charge in [0.05, 0.1) is 9.79 Å². The lowest BCUT2D eigenvalue weighted by Gasteiger charge is -2.31. The van der Waals surface area contributed by atoms with Crippen LogP contribution in [-0.4, -0.2) is 19.4 Å². The number of pyridine rings is 1. The van der Waals surface area contributed by atoms with Crippen LogP contribution in [0.2, 0.25) is 0 Å². The number of amides is 2. The Labute approximate surface area is 158 Å². The van der Waals surface area contributed by atoms with Gasteiger partial charge in [-0.3, -0.25) is 4.98 Å². The van der Waals surface area contributed by atoms with Gasteiger partial charge in [0.1, 0.15) is 0 Å². The standard InChI is InChI=1S/C20H18N3O3S/c1-15-5-2-3-7-19(15)27(25,26)18-10-8-17(9-11-18)23-20(24)22-14-16-6-4-12-21-13-16/h2-13H,14H2,1H3,(H-,22,23,24)/q-1/p-1. The topological polar surface area (TPSA) is 92.3 Å². The first kappa shape index (κ1) is 18.6. The Morgan fingerprint density at radius 3 is 2.41 bits per heavy atom. The lowest BCUT2D eigenvalue weighted by atomic mass is 10.2. The number of carbonyl (C=O) groups excluding carboxylic acids is 1. The summed E-state index contributed by atoms with van der Waals surface area (Å²) in [5.74, 6) is 0. The Bertz CT molecular complexity index is 1030. The molecule has 0 bridgehead atoms. The van der Waals surface area contributed by atoms with Crippen LogP contribution in [0.25, 0.3) is 10.6 Å². The van der Waals surface area contributed by atoms with Gasteiger partial charge in [-0.15, -0.1) is 12.2 Å². The van der Waals surface area contributed by atoms with E-state index in [9.17, 15) is 13.2 Å². The van der Waals surface area contributed by atoms with Gasteiger partial charge in [0.15, 0.2) is 0 Å². The fourth-order valence-corrected chi connectivity index (χ4v) is 3.98. The second-order valence-corrected chi connectivity index (χ2v) is 7.75. The van der Waals surface area contributed by atoms with Gasteiger partial charge in [-0.25, -0.2) is 8.42 Å². The van der Waals surface area contributed by atoms with E-state index in [1.165, 1.54) is 24.3 Å². The van der Waals surface area contributed by atoms with E-state index in [0.717, 1.165) is 5.56 Å². The van der Waals surface area contributed by atoms with Crippen molar-refractivity contribution in [2.45, 2.75) is 23.3 Å². The Morgan fingerprint density at radius 2 is 1.74 bits per heavy atom. The van der Waals surface area contributed by atoms with Crippen molar-refractivity contribution in [3.8, 4) is 0 Å². The van der Waals surface area contributed by atoms with E-state index in [1.807, 2.05) is 6.07 Å². The van der Waals surface area contributed by atoms with Crippen molar-refractivity contribution in [1.29, 1.82) is 0 Å². The molecule has 0 aliphatic rings. The van der Waals surface area contributed by atoms with Crippen molar-refractivity contribution in [1.82, 2.24) is 4.98 Å². The third-order valence-electron chi connectivity index (χ3n) is 3.87. The predicted octanol–water partition coefficient (Wildman–Crippen LogP) is 4.92. The molecule has 0 atom stereocenters. The summed E-state index contributed by atoms with van der Waals surface area (Å²) in [6.07, 6.45) is 3.27. The van der Waals surface area contributed by atoms with Crippen molar-refractivity contribution in [2.75, 3.05) is 0 Å². The Kier molecular flexibility index (Phi) is 5.52. The molecule has 3 aromatic rings. The summed E-state index contributed by atoms with van der Waals surface area (Å²) in [6.45, 7) is 1.94. The molecule has 2 aromatic carbocycles. The second kappa shape index (κ2) is 8.01. The number of benzene rings is 2. The maximum atomic E-state index is 12.7. The van der Waals surface area contributed by atoms with E-state index in [1.54, 1.807) is 49.6 Å². The Balaban J connectivity index is 1.67. The molecule has 1 heterocycles. The molecule has 0 fully saturated rings. The molecule has 27 heavy (non-hydrogen) atoms. The summed E-state index contributed by atoms with van der Waals surface area (Å²) >= 11 is 0. The molecule has 0 saturated carbocycles. The van der Waals surface area contributed by atoms with Crippen LogP contribution < -0.4 is 0 Å². The van der Waals surface area contributed by atoms with Gasteiger partial charge in [-0.2, -0.15) is 0 Å². The molecule has 0 saturated heterocycles. The second-order valence-electron chi connectivity index (χ2n) is 5.83. The number of hydrogen-bond donors (Lipinski definition) is 0. The molecular formula is C20H17N3O3S-2.